The van der Waals surface area contributed by atoms with Crippen LogP contribution in [0.1, 0.15) is 39.2 Å². The second kappa shape index (κ2) is 9.23. The Kier molecular flexibility index (Phi) is 7.31. The van der Waals surface area contributed by atoms with Gasteiger partial charge in [0.15, 0.2) is 17.3 Å². The summed E-state index contributed by atoms with van der Waals surface area (Å²) in [4.78, 5) is 14.6. The van der Waals surface area contributed by atoms with E-state index >= 15 is 0 Å². The topological polar surface area (TPSA) is 38.8 Å². The molecule has 1 aliphatic heterocycles. The molecular weight excluding hydrogens is 370 g/mol. The summed E-state index contributed by atoms with van der Waals surface area (Å²) in [5.41, 5.74) is 1.82. The van der Waals surface area contributed by atoms with Gasteiger partial charge in [0.05, 0.1) is 17.7 Å². The standard InChI is InChI=1S/C19H26BrNO3/c1-4-8-21-9-7-17(22)15(13-21)10-14-11-16(20)19(24-6-3)18(12-14)23-5-2/h10-12H,4-9,13H2,1-3H3/b15-10+. The number of hydrogen-bond donors (Lipinski definition) is 0. The SMILES string of the molecule is CCCN1CCC(=O)/C(=C/c2cc(Br)c(OCC)c(OCC)c2)C1. The normalized spacial score (nSPS) is 17.3. The number of halogens is 1. The van der Waals surface area contributed by atoms with E-state index in [0.717, 1.165) is 41.7 Å². The summed E-state index contributed by atoms with van der Waals surface area (Å²) < 4.78 is 12.2. The lowest BCUT2D eigenvalue weighted by Gasteiger charge is -2.27. The quantitative estimate of drug-likeness (QED) is 0.644. The van der Waals surface area contributed by atoms with Crippen molar-refractivity contribution in [2.75, 3.05) is 32.8 Å². The van der Waals surface area contributed by atoms with Gasteiger partial charge < -0.3 is 9.47 Å². The van der Waals surface area contributed by atoms with Crippen molar-refractivity contribution in [1.29, 1.82) is 0 Å². The average molecular weight is 396 g/mol. The molecule has 4 nitrogen and oxygen atoms in total. The molecule has 1 fully saturated rings. The number of carbonyl (C=O) groups excluding carboxylic acids is 1. The third-order valence-corrected chi connectivity index (χ3v) is 4.50. The van der Waals surface area contributed by atoms with Gasteiger partial charge in [0.2, 0.25) is 0 Å². The van der Waals surface area contributed by atoms with Gasteiger partial charge in [0, 0.05) is 25.1 Å². The molecule has 0 aromatic heterocycles. The first kappa shape index (κ1) is 19.0. The number of piperidine rings is 1. The van der Waals surface area contributed by atoms with Crippen LogP contribution in [0.2, 0.25) is 0 Å². The Morgan fingerprint density at radius 3 is 2.62 bits per heavy atom. The third-order valence-electron chi connectivity index (χ3n) is 3.91. The number of Topliss-reactive ketones (excluding diaryl/α,β-unsaturated/α-hetero) is 1. The largest absolute Gasteiger partial charge is 0.490 e. The number of carbonyl (C=O) groups is 1. The van der Waals surface area contributed by atoms with Crippen molar-refractivity contribution in [2.45, 2.75) is 33.6 Å². The highest BCUT2D eigenvalue weighted by Gasteiger charge is 2.21. The van der Waals surface area contributed by atoms with Gasteiger partial charge >= 0.3 is 0 Å². The monoisotopic (exact) mass is 395 g/mol. The molecule has 0 amide bonds. The van der Waals surface area contributed by atoms with Gasteiger partial charge in [-0.1, -0.05) is 6.92 Å². The summed E-state index contributed by atoms with van der Waals surface area (Å²) in [5.74, 6) is 1.66. The van der Waals surface area contributed by atoms with Crippen molar-refractivity contribution < 1.29 is 14.3 Å². The zero-order chi connectivity index (χ0) is 17.5. The molecular formula is C19H26BrNO3. The van der Waals surface area contributed by atoms with E-state index < -0.39 is 0 Å². The highest BCUT2D eigenvalue weighted by atomic mass is 79.9. The van der Waals surface area contributed by atoms with Crippen molar-refractivity contribution in [2.24, 2.45) is 0 Å². The Morgan fingerprint density at radius 1 is 1.21 bits per heavy atom. The first-order valence-electron chi connectivity index (χ1n) is 8.64. The Labute approximate surface area is 152 Å². The van der Waals surface area contributed by atoms with Crippen LogP contribution in [0.25, 0.3) is 6.08 Å². The second-order valence-electron chi connectivity index (χ2n) is 5.81. The summed E-state index contributed by atoms with van der Waals surface area (Å²) in [5, 5.41) is 0. The van der Waals surface area contributed by atoms with Gasteiger partial charge in [0.1, 0.15) is 0 Å². The van der Waals surface area contributed by atoms with Crippen molar-refractivity contribution >= 4 is 27.8 Å². The van der Waals surface area contributed by atoms with Crippen LogP contribution in [-0.4, -0.2) is 43.5 Å². The van der Waals surface area contributed by atoms with Gasteiger partial charge in [-0.05, 0) is 66.5 Å². The van der Waals surface area contributed by atoms with Gasteiger partial charge in [-0.3, -0.25) is 9.69 Å². The molecule has 24 heavy (non-hydrogen) atoms. The number of ether oxygens (including phenoxy) is 2. The summed E-state index contributed by atoms with van der Waals surface area (Å²) in [6.45, 7) is 9.81. The van der Waals surface area contributed by atoms with E-state index in [-0.39, 0.29) is 5.78 Å². The Hall–Kier alpha value is -1.33. The van der Waals surface area contributed by atoms with E-state index in [1.807, 2.05) is 32.1 Å². The van der Waals surface area contributed by atoms with E-state index in [1.54, 1.807) is 0 Å². The molecule has 5 heteroatoms. The molecule has 1 aromatic carbocycles. The van der Waals surface area contributed by atoms with Crippen molar-refractivity contribution in [1.82, 2.24) is 4.90 Å². The molecule has 0 N–H and O–H groups in total. The summed E-state index contributed by atoms with van der Waals surface area (Å²) in [7, 11) is 0. The molecule has 2 rings (SSSR count). The zero-order valence-electron chi connectivity index (χ0n) is 14.7. The molecule has 132 valence electrons. The minimum Gasteiger partial charge on any atom is -0.490 e. The Morgan fingerprint density at radius 2 is 1.96 bits per heavy atom. The average Bonchev–Trinajstić information content (AvgIpc) is 2.54. The molecule has 0 radical (unpaired) electrons. The molecule has 0 atom stereocenters. The number of benzene rings is 1. The summed E-state index contributed by atoms with van der Waals surface area (Å²) in [6.07, 6.45) is 3.68. The predicted octanol–water partition coefficient (Wildman–Crippen LogP) is 4.31. The number of likely N-dealkylation sites (tertiary alicyclic amines) is 1. The van der Waals surface area contributed by atoms with Crippen LogP contribution in [0, 0.1) is 0 Å². The number of ketones is 1. The van der Waals surface area contributed by atoms with Crippen molar-refractivity contribution in [3.8, 4) is 11.5 Å². The highest BCUT2D eigenvalue weighted by molar-refractivity contribution is 9.10. The van der Waals surface area contributed by atoms with Crippen LogP contribution in [0.5, 0.6) is 11.5 Å². The summed E-state index contributed by atoms with van der Waals surface area (Å²) >= 11 is 3.56. The number of nitrogens with zero attached hydrogens (tertiary/aromatic N) is 1. The molecule has 0 bridgehead atoms. The van der Waals surface area contributed by atoms with E-state index in [0.29, 0.717) is 31.1 Å². The fraction of sp³-hybridized carbons (Fsp3) is 0.526. The van der Waals surface area contributed by atoms with Crippen molar-refractivity contribution in [3.05, 3.63) is 27.7 Å². The molecule has 1 saturated heterocycles. The van der Waals surface area contributed by atoms with Crippen LogP contribution in [0.4, 0.5) is 0 Å². The first-order chi connectivity index (χ1) is 11.6. The first-order valence-corrected chi connectivity index (χ1v) is 9.43. The lowest BCUT2D eigenvalue weighted by atomic mass is 10.00. The third kappa shape index (κ3) is 4.84. The number of hydrogen-bond acceptors (Lipinski definition) is 4. The minimum absolute atomic E-state index is 0.241. The van der Waals surface area contributed by atoms with Crippen LogP contribution in [0.15, 0.2) is 22.2 Å². The van der Waals surface area contributed by atoms with Crippen molar-refractivity contribution in [3.63, 3.8) is 0 Å². The van der Waals surface area contributed by atoms with Crippen LogP contribution < -0.4 is 9.47 Å². The lowest BCUT2D eigenvalue weighted by molar-refractivity contribution is -0.117. The minimum atomic E-state index is 0.241. The Balaban J connectivity index is 2.31. The molecule has 0 spiro atoms. The Bertz CT molecular complexity index is 613. The number of rotatable bonds is 7. The summed E-state index contributed by atoms with van der Waals surface area (Å²) in [6, 6.07) is 3.92. The fourth-order valence-corrected chi connectivity index (χ4v) is 3.46. The fourth-order valence-electron chi connectivity index (χ4n) is 2.88. The van der Waals surface area contributed by atoms with E-state index in [9.17, 15) is 4.79 Å². The van der Waals surface area contributed by atoms with E-state index in [4.69, 9.17) is 9.47 Å². The lowest BCUT2D eigenvalue weighted by Crippen LogP contribution is -2.36. The molecule has 1 aromatic rings. The molecule has 1 aliphatic rings. The maximum absolute atomic E-state index is 12.3. The molecule has 1 heterocycles. The molecule has 0 unspecified atom stereocenters. The van der Waals surface area contributed by atoms with E-state index in [1.165, 1.54) is 0 Å². The zero-order valence-corrected chi connectivity index (χ0v) is 16.3. The van der Waals surface area contributed by atoms with Gasteiger partial charge in [-0.15, -0.1) is 0 Å². The van der Waals surface area contributed by atoms with Crippen LogP contribution in [-0.2, 0) is 4.79 Å². The van der Waals surface area contributed by atoms with E-state index in [2.05, 4.69) is 27.8 Å². The van der Waals surface area contributed by atoms with Crippen LogP contribution >= 0.6 is 15.9 Å². The van der Waals surface area contributed by atoms with Gasteiger partial charge in [-0.25, -0.2) is 0 Å². The predicted molar refractivity (Wildman–Crippen MR) is 101 cm³/mol. The second-order valence-corrected chi connectivity index (χ2v) is 6.67. The highest BCUT2D eigenvalue weighted by Crippen LogP contribution is 2.37. The molecule has 0 aliphatic carbocycles. The smallest absolute Gasteiger partial charge is 0.175 e. The maximum atomic E-state index is 12.3. The maximum Gasteiger partial charge on any atom is 0.175 e. The van der Waals surface area contributed by atoms with Crippen LogP contribution in [0.3, 0.4) is 0 Å². The van der Waals surface area contributed by atoms with Gasteiger partial charge in [0.25, 0.3) is 0 Å². The van der Waals surface area contributed by atoms with Gasteiger partial charge in [-0.2, -0.15) is 0 Å². The molecule has 0 saturated carbocycles.